The first-order chi connectivity index (χ1) is 6.75. The predicted molar refractivity (Wildman–Crippen MR) is 54.7 cm³/mol. The molecule has 14 heavy (non-hydrogen) atoms. The molecule has 2 nitrogen and oxygen atoms in total. The fourth-order valence-corrected chi connectivity index (χ4v) is 1.67. The van der Waals surface area contributed by atoms with Gasteiger partial charge in [0.25, 0.3) is 0 Å². The molecule has 1 aliphatic rings. The third-order valence-electron chi connectivity index (χ3n) is 2.28. The van der Waals surface area contributed by atoms with Gasteiger partial charge in [0, 0.05) is 13.3 Å². The van der Waals surface area contributed by atoms with Crippen LogP contribution >= 0.6 is 0 Å². The standard InChI is InChI=1S/C12H12O2/c1-9(13)14-12-7-6-10-4-2-3-5-11(10)8-12/h2-7,12H,8H2,1H3/t12-/m0/s1. The van der Waals surface area contributed by atoms with Crippen molar-refractivity contribution < 1.29 is 9.53 Å². The minimum absolute atomic E-state index is 0.0950. The second-order valence-corrected chi connectivity index (χ2v) is 3.41. The van der Waals surface area contributed by atoms with Crippen molar-refractivity contribution in [2.45, 2.75) is 19.4 Å². The molecule has 1 aliphatic carbocycles. The van der Waals surface area contributed by atoms with Gasteiger partial charge in [-0.1, -0.05) is 30.3 Å². The van der Waals surface area contributed by atoms with Crippen molar-refractivity contribution >= 4 is 12.0 Å². The molecular weight excluding hydrogens is 176 g/mol. The smallest absolute Gasteiger partial charge is 0.303 e. The van der Waals surface area contributed by atoms with Gasteiger partial charge in [-0.3, -0.25) is 4.79 Å². The molecule has 0 saturated heterocycles. The van der Waals surface area contributed by atoms with Crippen LogP contribution in [0.3, 0.4) is 0 Å². The fraction of sp³-hybridized carbons (Fsp3) is 0.250. The maximum atomic E-state index is 10.8. The van der Waals surface area contributed by atoms with Crippen LogP contribution in [0, 0.1) is 0 Å². The van der Waals surface area contributed by atoms with Gasteiger partial charge < -0.3 is 4.74 Å². The zero-order valence-electron chi connectivity index (χ0n) is 8.07. The van der Waals surface area contributed by atoms with E-state index >= 15 is 0 Å². The predicted octanol–water partition coefficient (Wildman–Crippen LogP) is 2.19. The van der Waals surface area contributed by atoms with Crippen LogP contribution in [0.15, 0.2) is 30.3 Å². The van der Waals surface area contributed by atoms with Gasteiger partial charge in [0.05, 0.1) is 0 Å². The number of ether oxygens (including phenoxy) is 1. The Morgan fingerprint density at radius 1 is 1.43 bits per heavy atom. The lowest BCUT2D eigenvalue weighted by atomic mass is 9.96. The van der Waals surface area contributed by atoms with Crippen LogP contribution in [0.5, 0.6) is 0 Å². The van der Waals surface area contributed by atoms with Crippen LogP contribution in [0.1, 0.15) is 18.1 Å². The normalized spacial score (nSPS) is 18.8. The summed E-state index contributed by atoms with van der Waals surface area (Å²) < 4.78 is 5.12. The van der Waals surface area contributed by atoms with Crippen LogP contribution in [-0.4, -0.2) is 12.1 Å². The van der Waals surface area contributed by atoms with Crippen LogP contribution in [-0.2, 0) is 16.0 Å². The third kappa shape index (κ3) is 1.84. The zero-order chi connectivity index (χ0) is 9.97. The Kier molecular flexibility index (Phi) is 2.35. The molecule has 0 aliphatic heterocycles. The van der Waals surface area contributed by atoms with E-state index in [0.717, 1.165) is 6.42 Å². The number of carbonyl (C=O) groups excluding carboxylic acids is 1. The van der Waals surface area contributed by atoms with E-state index in [2.05, 4.69) is 12.1 Å². The maximum Gasteiger partial charge on any atom is 0.303 e. The summed E-state index contributed by atoms with van der Waals surface area (Å²) in [6.07, 6.45) is 4.63. The highest BCUT2D eigenvalue weighted by atomic mass is 16.5. The Morgan fingerprint density at radius 2 is 2.21 bits per heavy atom. The van der Waals surface area contributed by atoms with E-state index in [0.29, 0.717) is 0 Å². The molecule has 0 bridgehead atoms. The summed E-state index contributed by atoms with van der Waals surface area (Å²) in [5, 5.41) is 0. The highest BCUT2D eigenvalue weighted by Gasteiger charge is 2.14. The van der Waals surface area contributed by atoms with Crippen LogP contribution < -0.4 is 0 Å². The van der Waals surface area contributed by atoms with E-state index in [1.807, 2.05) is 24.3 Å². The van der Waals surface area contributed by atoms with Gasteiger partial charge in [-0.05, 0) is 17.2 Å². The Balaban J connectivity index is 2.17. The summed E-state index contributed by atoms with van der Waals surface area (Å²) in [6.45, 7) is 1.44. The summed E-state index contributed by atoms with van der Waals surface area (Å²) >= 11 is 0. The molecule has 0 heterocycles. The topological polar surface area (TPSA) is 26.3 Å². The molecule has 0 spiro atoms. The monoisotopic (exact) mass is 188 g/mol. The highest BCUT2D eigenvalue weighted by molar-refractivity contribution is 5.67. The first-order valence-corrected chi connectivity index (χ1v) is 4.69. The van der Waals surface area contributed by atoms with Gasteiger partial charge in [0.2, 0.25) is 0 Å². The van der Waals surface area contributed by atoms with Gasteiger partial charge in [-0.25, -0.2) is 0 Å². The molecule has 1 atom stereocenters. The number of hydrogen-bond donors (Lipinski definition) is 0. The number of esters is 1. The van der Waals surface area contributed by atoms with Crippen LogP contribution in [0.2, 0.25) is 0 Å². The summed E-state index contributed by atoms with van der Waals surface area (Å²) in [4.78, 5) is 10.8. The summed E-state index contributed by atoms with van der Waals surface area (Å²) in [5.74, 6) is -0.223. The van der Waals surface area contributed by atoms with Crippen LogP contribution in [0.25, 0.3) is 6.08 Å². The van der Waals surface area contributed by atoms with E-state index in [1.165, 1.54) is 18.1 Å². The molecule has 0 radical (unpaired) electrons. The molecule has 2 rings (SSSR count). The second-order valence-electron chi connectivity index (χ2n) is 3.41. The molecule has 0 amide bonds. The summed E-state index contributed by atoms with van der Waals surface area (Å²) in [7, 11) is 0. The minimum atomic E-state index is -0.223. The van der Waals surface area contributed by atoms with Crippen molar-refractivity contribution in [3.05, 3.63) is 41.5 Å². The lowest BCUT2D eigenvalue weighted by Crippen LogP contribution is -2.19. The minimum Gasteiger partial charge on any atom is -0.458 e. The molecule has 0 N–H and O–H groups in total. The molecule has 1 aromatic rings. The van der Waals surface area contributed by atoms with Crippen LogP contribution in [0.4, 0.5) is 0 Å². The Morgan fingerprint density at radius 3 is 3.00 bits per heavy atom. The SMILES string of the molecule is CC(=O)O[C@H]1C=Cc2ccccc2C1. The average molecular weight is 188 g/mol. The highest BCUT2D eigenvalue weighted by Crippen LogP contribution is 2.20. The average Bonchev–Trinajstić information content (AvgIpc) is 2.17. The lowest BCUT2D eigenvalue weighted by molar-refractivity contribution is -0.144. The van der Waals surface area contributed by atoms with Crippen molar-refractivity contribution in [1.29, 1.82) is 0 Å². The van der Waals surface area contributed by atoms with Gasteiger partial charge >= 0.3 is 5.97 Å². The quantitative estimate of drug-likeness (QED) is 0.631. The fourth-order valence-electron chi connectivity index (χ4n) is 1.67. The Bertz CT molecular complexity index is 380. The Labute approximate surface area is 83.2 Å². The number of carbonyl (C=O) groups is 1. The van der Waals surface area contributed by atoms with E-state index in [1.54, 1.807) is 0 Å². The van der Waals surface area contributed by atoms with Crippen molar-refractivity contribution in [2.24, 2.45) is 0 Å². The molecule has 72 valence electrons. The van der Waals surface area contributed by atoms with E-state index in [9.17, 15) is 4.79 Å². The van der Waals surface area contributed by atoms with Crippen molar-refractivity contribution in [3.63, 3.8) is 0 Å². The van der Waals surface area contributed by atoms with Crippen molar-refractivity contribution in [3.8, 4) is 0 Å². The number of rotatable bonds is 1. The molecule has 0 aromatic heterocycles. The second kappa shape index (κ2) is 3.66. The summed E-state index contributed by atoms with van der Waals surface area (Å²) in [5.41, 5.74) is 2.46. The van der Waals surface area contributed by atoms with Gasteiger partial charge in [0.1, 0.15) is 6.10 Å². The zero-order valence-corrected chi connectivity index (χ0v) is 8.07. The van der Waals surface area contributed by atoms with E-state index in [4.69, 9.17) is 4.74 Å². The number of benzene rings is 1. The maximum absolute atomic E-state index is 10.8. The molecule has 2 heteroatoms. The molecule has 0 unspecified atom stereocenters. The van der Waals surface area contributed by atoms with Gasteiger partial charge in [0.15, 0.2) is 0 Å². The third-order valence-corrected chi connectivity index (χ3v) is 2.28. The largest absolute Gasteiger partial charge is 0.458 e. The first kappa shape index (κ1) is 9.00. The van der Waals surface area contributed by atoms with Gasteiger partial charge in [-0.2, -0.15) is 0 Å². The summed E-state index contributed by atoms with van der Waals surface area (Å²) in [6, 6.07) is 8.14. The first-order valence-electron chi connectivity index (χ1n) is 4.69. The van der Waals surface area contributed by atoms with E-state index in [-0.39, 0.29) is 12.1 Å². The lowest BCUT2D eigenvalue weighted by Gasteiger charge is -2.18. The van der Waals surface area contributed by atoms with Crippen molar-refractivity contribution in [1.82, 2.24) is 0 Å². The molecule has 1 aromatic carbocycles. The van der Waals surface area contributed by atoms with Gasteiger partial charge in [-0.15, -0.1) is 0 Å². The van der Waals surface area contributed by atoms with E-state index < -0.39 is 0 Å². The molecular formula is C12H12O2. The van der Waals surface area contributed by atoms with Crippen molar-refractivity contribution in [2.75, 3.05) is 0 Å². The molecule has 0 saturated carbocycles. The Hall–Kier alpha value is -1.57. The molecule has 0 fully saturated rings. The number of fused-ring (bicyclic) bond motifs is 1. The number of hydrogen-bond acceptors (Lipinski definition) is 2.